The largest absolute Gasteiger partial charge is 0.472 e. The summed E-state index contributed by atoms with van der Waals surface area (Å²) < 4.78 is 5.01. The molecule has 80 valence electrons. The Balaban J connectivity index is 1.92. The molecule has 0 radical (unpaired) electrons. The van der Waals surface area contributed by atoms with Crippen molar-refractivity contribution in [2.75, 3.05) is 0 Å². The maximum absolute atomic E-state index is 5.01. The lowest BCUT2D eigenvalue weighted by atomic mass is 10.2. The number of imidazole rings is 1. The van der Waals surface area contributed by atoms with Crippen LogP contribution in [0, 0.1) is 0 Å². The van der Waals surface area contributed by atoms with E-state index in [2.05, 4.69) is 22.2 Å². The molecule has 2 aromatic heterocycles. The molecule has 0 bridgehead atoms. The number of aromatic nitrogens is 2. The van der Waals surface area contributed by atoms with E-state index in [9.17, 15) is 0 Å². The van der Waals surface area contributed by atoms with Gasteiger partial charge in [0.2, 0.25) is 0 Å². The quantitative estimate of drug-likeness (QED) is 0.787. The van der Waals surface area contributed by atoms with Crippen LogP contribution in [-0.2, 0) is 6.54 Å². The minimum Gasteiger partial charge on any atom is -0.472 e. The predicted octanol–water partition coefficient (Wildman–Crippen LogP) is 2.24. The van der Waals surface area contributed by atoms with Crippen molar-refractivity contribution in [1.29, 1.82) is 0 Å². The van der Waals surface area contributed by atoms with E-state index in [4.69, 9.17) is 4.42 Å². The van der Waals surface area contributed by atoms with Gasteiger partial charge in [-0.05, 0) is 12.5 Å². The highest BCUT2D eigenvalue weighted by Gasteiger charge is 2.10. The summed E-state index contributed by atoms with van der Waals surface area (Å²) in [6.07, 6.45) is 8.06. The van der Waals surface area contributed by atoms with Crippen molar-refractivity contribution in [3.8, 4) is 0 Å². The summed E-state index contributed by atoms with van der Waals surface area (Å²) in [5, 5.41) is 3.42. The fraction of sp³-hybridized carbons (Fsp3) is 0.364. The Morgan fingerprint density at radius 2 is 2.53 bits per heavy atom. The van der Waals surface area contributed by atoms with Crippen LogP contribution in [0.25, 0.3) is 0 Å². The van der Waals surface area contributed by atoms with Crippen molar-refractivity contribution in [3.05, 3.63) is 42.4 Å². The Hall–Kier alpha value is -1.55. The summed E-state index contributed by atoms with van der Waals surface area (Å²) in [5.41, 5.74) is 1.15. The molecule has 0 aliphatic heterocycles. The van der Waals surface area contributed by atoms with Gasteiger partial charge >= 0.3 is 0 Å². The molecule has 0 aliphatic carbocycles. The molecule has 0 fully saturated rings. The molecule has 0 amide bonds. The first-order chi connectivity index (χ1) is 7.40. The smallest absolute Gasteiger partial charge is 0.123 e. The zero-order chi connectivity index (χ0) is 10.5. The molecule has 2 heterocycles. The fourth-order valence-corrected chi connectivity index (χ4v) is 1.54. The molecule has 15 heavy (non-hydrogen) atoms. The maximum atomic E-state index is 5.01. The Morgan fingerprint density at radius 1 is 1.60 bits per heavy atom. The van der Waals surface area contributed by atoms with Crippen LogP contribution < -0.4 is 5.32 Å². The summed E-state index contributed by atoms with van der Waals surface area (Å²) >= 11 is 0. The fourth-order valence-electron chi connectivity index (χ4n) is 1.54. The lowest BCUT2D eigenvalue weighted by Gasteiger charge is -2.13. The normalized spacial score (nSPS) is 12.9. The van der Waals surface area contributed by atoms with Gasteiger partial charge in [-0.1, -0.05) is 6.92 Å². The van der Waals surface area contributed by atoms with Gasteiger partial charge in [0, 0.05) is 24.5 Å². The Morgan fingerprint density at radius 3 is 3.13 bits per heavy atom. The molecule has 4 heteroatoms. The third kappa shape index (κ3) is 2.47. The van der Waals surface area contributed by atoms with E-state index in [1.54, 1.807) is 18.7 Å². The lowest BCUT2D eigenvalue weighted by Crippen LogP contribution is -2.21. The standard InChI is InChI=1S/C11H15N3O/c1-2-10(11-12-4-5-13-11)14-7-9-3-6-15-8-9/h3-6,8,10,14H,2,7H2,1H3,(H,12,13). The first kappa shape index (κ1) is 9.98. The van der Waals surface area contributed by atoms with Crippen LogP contribution in [0.2, 0.25) is 0 Å². The summed E-state index contributed by atoms with van der Waals surface area (Å²) in [7, 11) is 0. The van der Waals surface area contributed by atoms with Crippen LogP contribution >= 0.6 is 0 Å². The van der Waals surface area contributed by atoms with Crippen molar-refractivity contribution in [3.63, 3.8) is 0 Å². The number of H-pyrrole nitrogens is 1. The zero-order valence-electron chi connectivity index (χ0n) is 8.73. The van der Waals surface area contributed by atoms with Gasteiger partial charge in [0.1, 0.15) is 5.82 Å². The first-order valence-corrected chi connectivity index (χ1v) is 5.14. The predicted molar refractivity (Wildman–Crippen MR) is 57.2 cm³/mol. The topological polar surface area (TPSA) is 53.9 Å². The highest BCUT2D eigenvalue weighted by Crippen LogP contribution is 2.12. The van der Waals surface area contributed by atoms with Gasteiger partial charge in [-0.3, -0.25) is 0 Å². The van der Waals surface area contributed by atoms with Crippen molar-refractivity contribution in [2.24, 2.45) is 0 Å². The molecule has 0 aromatic carbocycles. The second-order valence-corrected chi connectivity index (χ2v) is 3.45. The van der Waals surface area contributed by atoms with Gasteiger partial charge in [0.05, 0.1) is 18.6 Å². The third-order valence-corrected chi connectivity index (χ3v) is 2.39. The average molecular weight is 205 g/mol. The molecule has 2 N–H and O–H groups in total. The highest BCUT2D eigenvalue weighted by atomic mass is 16.3. The number of nitrogens with zero attached hydrogens (tertiary/aromatic N) is 1. The van der Waals surface area contributed by atoms with Gasteiger partial charge in [0.15, 0.2) is 0 Å². The molecule has 1 unspecified atom stereocenters. The molecule has 0 spiro atoms. The van der Waals surface area contributed by atoms with E-state index < -0.39 is 0 Å². The number of hydrogen-bond donors (Lipinski definition) is 2. The molecule has 2 aromatic rings. The summed E-state index contributed by atoms with van der Waals surface area (Å²) in [4.78, 5) is 7.37. The Labute approximate surface area is 88.7 Å². The molecular formula is C11H15N3O. The molecule has 2 rings (SSSR count). The van der Waals surface area contributed by atoms with Crippen molar-refractivity contribution in [2.45, 2.75) is 25.9 Å². The third-order valence-electron chi connectivity index (χ3n) is 2.39. The molecule has 0 saturated carbocycles. The Kier molecular flexibility index (Phi) is 3.19. The molecule has 4 nitrogen and oxygen atoms in total. The highest BCUT2D eigenvalue weighted by molar-refractivity contribution is 5.05. The second-order valence-electron chi connectivity index (χ2n) is 3.45. The van der Waals surface area contributed by atoms with Gasteiger partial charge < -0.3 is 14.7 Å². The van der Waals surface area contributed by atoms with E-state index in [1.165, 1.54) is 0 Å². The molecule has 0 saturated heterocycles. The van der Waals surface area contributed by atoms with E-state index in [0.29, 0.717) is 0 Å². The van der Waals surface area contributed by atoms with Gasteiger partial charge in [-0.2, -0.15) is 0 Å². The van der Waals surface area contributed by atoms with Crippen LogP contribution in [0.5, 0.6) is 0 Å². The van der Waals surface area contributed by atoms with Crippen LogP contribution in [0.1, 0.15) is 30.8 Å². The van der Waals surface area contributed by atoms with Crippen molar-refractivity contribution in [1.82, 2.24) is 15.3 Å². The SMILES string of the molecule is CCC(NCc1ccoc1)c1ncc[nH]1. The van der Waals surface area contributed by atoms with E-state index in [1.807, 2.05) is 12.3 Å². The van der Waals surface area contributed by atoms with Crippen LogP contribution in [0.3, 0.4) is 0 Å². The molecular weight excluding hydrogens is 190 g/mol. The molecule has 0 aliphatic rings. The van der Waals surface area contributed by atoms with Gasteiger partial charge in [0.25, 0.3) is 0 Å². The molecule has 1 atom stereocenters. The first-order valence-electron chi connectivity index (χ1n) is 5.14. The van der Waals surface area contributed by atoms with Crippen LogP contribution in [0.4, 0.5) is 0 Å². The van der Waals surface area contributed by atoms with Gasteiger partial charge in [-0.25, -0.2) is 4.98 Å². The van der Waals surface area contributed by atoms with Gasteiger partial charge in [-0.15, -0.1) is 0 Å². The second kappa shape index (κ2) is 4.79. The number of aromatic amines is 1. The lowest BCUT2D eigenvalue weighted by molar-refractivity contribution is 0.493. The number of furan rings is 1. The summed E-state index contributed by atoms with van der Waals surface area (Å²) in [6.45, 7) is 2.94. The van der Waals surface area contributed by atoms with Crippen LogP contribution in [0.15, 0.2) is 35.4 Å². The number of rotatable bonds is 5. The van der Waals surface area contributed by atoms with Crippen molar-refractivity contribution >= 4 is 0 Å². The minimum atomic E-state index is 0.273. The maximum Gasteiger partial charge on any atom is 0.123 e. The average Bonchev–Trinajstić information content (AvgIpc) is 2.90. The van der Waals surface area contributed by atoms with E-state index in [0.717, 1.165) is 24.4 Å². The van der Waals surface area contributed by atoms with E-state index in [-0.39, 0.29) is 6.04 Å². The van der Waals surface area contributed by atoms with E-state index >= 15 is 0 Å². The van der Waals surface area contributed by atoms with Crippen molar-refractivity contribution < 1.29 is 4.42 Å². The zero-order valence-corrected chi connectivity index (χ0v) is 8.73. The summed E-state index contributed by atoms with van der Waals surface area (Å²) in [6, 6.07) is 2.23. The summed E-state index contributed by atoms with van der Waals surface area (Å²) in [5.74, 6) is 0.987. The minimum absolute atomic E-state index is 0.273. The van der Waals surface area contributed by atoms with Crippen LogP contribution in [-0.4, -0.2) is 9.97 Å². The monoisotopic (exact) mass is 205 g/mol. The Bertz CT molecular complexity index is 366. The number of hydrogen-bond acceptors (Lipinski definition) is 3. The number of nitrogens with one attached hydrogen (secondary N) is 2.